The summed E-state index contributed by atoms with van der Waals surface area (Å²) < 4.78 is 4.90. The lowest BCUT2D eigenvalue weighted by molar-refractivity contribution is 0.0521. The summed E-state index contributed by atoms with van der Waals surface area (Å²) in [7, 11) is 0. The lowest BCUT2D eigenvalue weighted by Crippen LogP contribution is -2.12. The smallest absolute Gasteiger partial charge is 0.360 e. The van der Waals surface area contributed by atoms with Gasteiger partial charge in [0.1, 0.15) is 10.0 Å². The second-order valence-electron chi connectivity index (χ2n) is 6.64. The Hall–Kier alpha value is -2.20. The van der Waals surface area contributed by atoms with Crippen molar-refractivity contribution in [3.8, 4) is 0 Å². The predicted molar refractivity (Wildman–Crippen MR) is 114 cm³/mol. The predicted octanol–water partition coefficient (Wildman–Crippen LogP) is 4.30. The lowest BCUT2D eigenvalue weighted by Gasteiger charge is -2.07. The first-order valence-corrected chi connectivity index (χ1v) is 10.8. The number of rotatable bonds is 9. The molecule has 0 aliphatic heterocycles. The number of nitrogens with one attached hydrogen (secondary N) is 2. The van der Waals surface area contributed by atoms with Crippen molar-refractivity contribution in [2.24, 2.45) is 11.8 Å². The highest BCUT2D eigenvalue weighted by atomic mass is 32.1. The zero-order valence-electron chi connectivity index (χ0n) is 16.8. The van der Waals surface area contributed by atoms with Gasteiger partial charge in [0.25, 0.3) is 0 Å². The Balaban J connectivity index is 0.000000283. The van der Waals surface area contributed by atoms with Crippen molar-refractivity contribution in [2.75, 3.05) is 30.3 Å². The van der Waals surface area contributed by atoms with E-state index in [4.69, 9.17) is 9.84 Å². The number of carboxylic acid groups (broad SMARTS) is 1. The monoisotopic (exact) mass is 428 g/mol. The first kappa shape index (κ1) is 23.8. The Kier molecular flexibility index (Phi) is 10.5. The van der Waals surface area contributed by atoms with E-state index in [-0.39, 0.29) is 11.7 Å². The number of hydrogen-bond acceptors (Lipinski definition) is 9. The Labute approximate surface area is 173 Å². The van der Waals surface area contributed by atoms with Gasteiger partial charge in [0, 0.05) is 13.1 Å². The second kappa shape index (κ2) is 12.3. The number of aromatic nitrogens is 2. The second-order valence-corrected chi connectivity index (χ2v) is 8.34. The summed E-state index contributed by atoms with van der Waals surface area (Å²) in [6.45, 7) is 12.1. The Morgan fingerprint density at radius 2 is 1.46 bits per heavy atom. The Bertz CT molecular complexity index is 744. The fraction of sp³-hybridized carbons (Fsp3) is 0.556. The fourth-order valence-electron chi connectivity index (χ4n) is 1.83. The standard InChI is InChI=1S/C10H16N2O2S.C8H12N2O2S/c1-4-14-10(13)8-9(15-6-12-8)11-5-7(2)3;1-5(2)3-9-7-6(8(11)12)10-4-13-7/h6-7,11H,4-5H2,1-3H3;4-5,9H,3H2,1-2H3,(H,11,12). The van der Waals surface area contributed by atoms with Crippen LogP contribution in [0.5, 0.6) is 0 Å². The Morgan fingerprint density at radius 3 is 1.89 bits per heavy atom. The molecule has 28 heavy (non-hydrogen) atoms. The minimum absolute atomic E-state index is 0.116. The van der Waals surface area contributed by atoms with Gasteiger partial charge in [-0.2, -0.15) is 0 Å². The Morgan fingerprint density at radius 1 is 1.00 bits per heavy atom. The fourth-order valence-corrected chi connectivity index (χ4v) is 3.19. The van der Waals surface area contributed by atoms with Crippen molar-refractivity contribution in [2.45, 2.75) is 34.6 Å². The summed E-state index contributed by atoms with van der Waals surface area (Å²) in [5.74, 6) is -0.316. The third-order valence-corrected chi connectivity index (χ3v) is 4.72. The summed E-state index contributed by atoms with van der Waals surface area (Å²) in [6, 6.07) is 0. The summed E-state index contributed by atoms with van der Waals surface area (Å²) in [5.41, 5.74) is 3.69. The van der Waals surface area contributed by atoms with Crippen LogP contribution in [0.1, 0.15) is 55.6 Å². The number of carbonyl (C=O) groups excluding carboxylic acids is 1. The molecule has 0 amide bonds. The molecule has 0 aliphatic rings. The molecule has 0 saturated carbocycles. The summed E-state index contributed by atoms with van der Waals surface area (Å²) in [4.78, 5) is 29.8. The number of aromatic carboxylic acids is 1. The number of hydrogen-bond donors (Lipinski definition) is 3. The molecular weight excluding hydrogens is 400 g/mol. The van der Waals surface area contributed by atoms with E-state index < -0.39 is 5.97 Å². The minimum atomic E-state index is -0.979. The average molecular weight is 429 g/mol. The van der Waals surface area contributed by atoms with Gasteiger partial charge in [-0.25, -0.2) is 19.6 Å². The third kappa shape index (κ3) is 8.22. The molecular formula is C18H28N4O4S2. The van der Waals surface area contributed by atoms with Crippen molar-refractivity contribution >= 4 is 44.6 Å². The molecule has 0 atom stereocenters. The molecule has 3 N–H and O–H groups in total. The molecule has 10 heteroatoms. The van der Waals surface area contributed by atoms with Crippen LogP contribution in [-0.4, -0.2) is 46.7 Å². The number of ether oxygens (including phenoxy) is 1. The molecule has 0 radical (unpaired) electrons. The quantitative estimate of drug-likeness (QED) is 0.507. The molecule has 0 spiro atoms. The van der Waals surface area contributed by atoms with E-state index in [1.165, 1.54) is 28.2 Å². The van der Waals surface area contributed by atoms with E-state index in [0.717, 1.165) is 18.1 Å². The highest BCUT2D eigenvalue weighted by molar-refractivity contribution is 7.14. The van der Waals surface area contributed by atoms with Crippen LogP contribution in [0.15, 0.2) is 11.0 Å². The van der Waals surface area contributed by atoms with Crippen molar-refractivity contribution in [1.82, 2.24) is 9.97 Å². The topological polar surface area (TPSA) is 113 Å². The summed E-state index contributed by atoms with van der Waals surface area (Å²) >= 11 is 2.74. The van der Waals surface area contributed by atoms with Gasteiger partial charge in [0.05, 0.1) is 17.6 Å². The van der Waals surface area contributed by atoms with Crippen LogP contribution in [0.25, 0.3) is 0 Å². The zero-order valence-corrected chi connectivity index (χ0v) is 18.4. The first-order chi connectivity index (χ1) is 13.3. The van der Waals surface area contributed by atoms with Crippen molar-refractivity contribution in [3.63, 3.8) is 0 Å². The molecule has 0 aromatic carbocycles. The maximum Gasteiger partial charge on any atom is 0.360 e. The first-order valence-electron chi connectivity index (χ1n) is 9.01. The van der Waals surface area contributed by atoms with E-state index in [9.17, 15) is 9.59 Å². The van der Waals surface area contributed by atoms with Crippen molar-refractivity contribution in [3.05, 3.63) is 22.4 Å². The molecule has 2 heterocycles. The van der Waals surface area contributed by atoms with Crippen molar-refractivity contribution < 1.29 is 19.4 Å². The van der Waals surface area contributed by atoms with Gasteiger partial charge in [-0.1, -0.05) is 27.7 Å². The van der Waals surface area contributed by atoms with Gasteiger partial charge in [0.15, 0.2) is 11.4 Å². The van der Waals surface area contributed by atoms with Crippen LogP contribution in [0.3, 0.4) is 0 Å². The number of carbonyl (C=O) groups is 2. The highest BCUT2D eigenvalue weighted by Crippen LogP contribution is 2.21. The van der Waals surface area contributed by atoms with Gasteiger partial charge in [-0.15, -0.1) is 22.7 Å². The van der Waals surface area contributed by atoms with Crippen LogP contribution in [0.2, 0.25) is 0 Å². The van der Waals surface area contributed by atoms with Gasteiger partial charge >= 0.3 is 11.9 Å². The molecule has 0 unspecified atom stereocenters. The van der Waals surface area contributed by atoms with Crippen molar-refractivity contribution in [1.29, 1.82) is 0 Å². The zero-order chi connectivity index (χ0) is 21.1. The van der Waals surface area contributed by atoms with Crippen LogP contribution < -0.4 is 10.6 Å². The normalized spacial score (nSPS) is 10.4. The number of carboxylic acids is 1. The number of nitrogens with zero attached hydrogens (tertiary/aromatic N) is 2. The third-order valence-electron chi connectivity index (χ3n) is 3.15. The van der Waals surface area contributed by atoms with Gasteiger partial charge in [-0.3, -0.25) is 0 Å². The van der Waals surface area contributed by atoms with E-state index in [0.29, 0.717) is 29.1 Å². The SMILES string of the molecule is CC(C)CNc1scnc1C(=O)O.CCOC(=O)c1ncsc1NCC(C)C. The molecule has 2 rings (SSSR count). The molecule has 0 aliphatic carbocycles. The van der Waals surface area contributed by atoms with E-state index in [2.05, 4.69) is 48.3 Å². The van der Waals surface area contributed by atoms with Crippen LogP contribution in [0, 0.1) is 11.8 Å². The summed E-state index contributed by atoms with van der Waals surface area (Å²) in [5, 5.41) is 16.4. The van der Waals surface area contributed by atoms with E-state index in [1.807, 2.05) is 0 Å². The molecule has 0 saturated heterocycles. The molecule has 2 aromatic heterocycles. The van der Waals surface area contributed by atoms with Crippen LogP contribution in [-0.2, 0) is 4.74 Å². The molecule has 156 valence electrons. The lowest BCUT2D eigenvalue weighted by atomic mass is 10.2. The van der Waals surface area contributed by atoms with Gasteiger partial charge in [0.2, 0.25) is 0 Å². The number of anilines is 2. The van der Waals surface area contributed by atoms with Gasteiger partial charge in [-0.05, 0) is 18.8 Å². The van der Waals surface area contributed by atoms with Crippen LogP contribution >= 0.6 is 22.7 Å². The van der Waals surface area contributed by atoms with E-state index in [1.54, 1.807) is 12.4 Å². The average Bonchev–Trinajstić information content (AvgIpc) is 3.28. The van der Waals surface area contributed by atoms with E-state index >= 15 is 0 Å². The maximum atomic E-state index is 11.5. The van der Waals surface area contributed by atoms with Crippen LogP contribution in [0.4, 0.5) is 10.0 Å². The molecule has 0 fully saturated rings. The molecule has 2 aromatic rings. The molecule has 0 bridgehead atoms. The summed E-state index contributed by atoms with van der Waals surface area (Å²) in [6.07, 6.45) is 0. The minimum Gasteiger partial charge on any atom is -0.476 e. The number of thiazole rings is 2. The highest BCUT2D eigenvalue weighted by Gasteiger charge is 2.15. The largest absolute Gasteiger partial charge is 0.476 e. The van der Waals surface area contributed by atoms with Gasteiger partial charge < -0.3 is 20.5 Å². The molecule has 8 nitrogen and oxygen atoms in total. The maximum absolute atomic E-state index is 11.5. The number of esters is 1.